The molecule has 0 spiro atoms. The molecule has 0 bridgehead atoms. The first-order valence-electron chi connectivity index (χ1n) is 3.31. The van der Waals surface area contributed by atoms with E-state index in [-0.39, 0.29) is 5.56 Å². The van der Waals surface area contributed by atoms with E-state index in [9.17, 15) is 4.79 Å². The lowest BCUT2D eigenvalue weighted by Gasteiger charge is -2.01. The number of rotatable bonds is 1. The third-order valence-corrected chi connectivity index (χ3v) is 1.50. The lowest BCUT2D eigenvalue weighted by molar-refractivity contribution is 0.0695. The van der Waals surface area contributed by atoms with Crippen LogP contribution in [-0.4, -0.2) is 16.1 Å². The van der Waals surface area contributed by atoms with E-state index < -0.39 is 5.97 Å². The second-order valence-corrected chi connectivity index (χ2v) is 2.33. The first kappa shape index (κ1) is 8.28. The van der Waals surface area contributed by atoms with Gasteiger partial charge in [-0.1, -0.05) is 5.92 Å². The highest BCUT2D eigenvalue weighted by Gasteiger charge is 2.11. The van der Waals surface area contributed by atoms with Crippen LogP contribution in [0.5, 0.6) is 0 Å². The third-order valence-electron chi connectivity index (χ3n) is 1.50. The monoisotopic (exact) mass is 161 g/mol. The number of carboxylic acid groups (broad SMARTS) is 1. The molecule has 1 heterocycles. The molecule has 3 heteroatoms. The molecule has 3 nitrogen and oxygen atoms in total. The molecule has 0 saturated carbocycles. The van der Waals surface area contributed by atoms with Crippen molar-refractivity contribution in [3.8, 4) is 12.3 Å². The van der Waals surface area contributed by atoms with Crippen LogP contribution in [0.15, 0.2) is 12.4 Å². The zero-order chi connectivity index (χ0) is 9.14. The van der Waals surface area contributed by atoms with Gasteiger partial charge in [-0.05, 0) is 12.5 Å². The Bertz CT molecular complexity index is 363. The number of aryl methyl sites for hydroxylation is 1. The Morgan fingerprint density at radius 2 is 2.33 bits per heavy atom. The highest BCUT2D eigenvalue weighted by Crippen LogP contribution is 2.10. The normalized spacial score (nSPS) is 9.00. The van der Waals surface area contributed by atoms with Gasteiger partial charge in [0.15, 0.2) is 0 Å². The summed E-state index contributed by atoms with van der Waals surface area (Å²) in [5, 5.41) is 8.75. The van der Waals surface area contributed by atoms with Crippen molar-refractivity contribution in [1.82, 2.24) is 4.98 Å². The van der Waals surface area contributed by atoms with Gasteiger partial charge in [0.25, 0.3) is 0 Å². The summed E-state index contributed by atoms with van der Waals surface area (Å²) in [7, 11) is 0. The first-order valence-corrected chi connectivity index (χ1v) is 3.31. The second-order valence-electron chi connectivity index (χ2n) is 2.33. The number of terminal acetylenes is 1. The molecular formula is C9H7NO2. The molecule has 1 aromatic rings. The minimum absolute atomic E-state index is 0.160. The van der Waals surface area contributed by atoms with Crippen LogP contribution < -0.4 is 0 Å². The molecule has 0 radical (unpaired) electrons. The van der Waals surface area contributed by atoms with E-state index in [4.69, 9.17) is 11.5 Å². The van der Waals surface area contributed by atoms with Crippen LogP contribution in [0.25, 0.3) is 0 Å². The van der Waals surface area contributed by atoms with E-state index in [0.717, 1.165) is 0 Å². The largest absolute Gasteiger partial charge is 0.478 e. The Labute approximate surface area is 70.1 Å². The van der Waals surface area contributed by atoms with E-state index in [1.165, 1.54) is 12.4 Å². The van der Waals surface area contributed by atoms with Crippen LogP contribution >= 0.6 is 0 Å². The second kappa shape index (κ2) is 3.05. The Hall–Kier alpha value is -1.82. The van der Waals surface area contributed by atoms with Gasteiger partial charge in [-0.3, -0.25) is 4.98 Å². The summed E-state index contributed by atoms with van der Waals surface area (Å²) < 4.78 is 0. The molecule has 0 saturated heterocycles. The predicted molar refractivity (Wildman–Crippen MR) is 43.9 cm³/mol. The number of pyridine rings is 1. The SMILES string of the molecule is C#Cc1cncc(C)c1C(=O)O. The number of nitrogens with zero attached hydrogens (tertiary/aromatic N) is 1. The van der Waals surface area contributed by atoms with E-state index in [2.05, 4.69) is 10.9 Å². The van der Waals surface area contributed by atoms with Crippen molar-refractivity contribution in [2.75, 3.05) is 0 Å². The van der Waals surface area contributed by atoms with Crippen molar-refractivity contribution in [2.45, 2.75) is 6.92 Å². The predicted octanol–water partition coefficient (Wildman–Crippen LogP) is 1.07. The molecule has 0 aliphatic heterocycles. The standard InChI is InChI=1S/C9H7NO2/c1-3-7-5-10-4-6(2)8(7)9(11)12/h1,4-5H,2H3,(H,11,12). The molecular weight excluding hydrogens is 154 g/mol. The van der Waals surface area contributed by atoms with Crippen LogP contribution in [0.2, 0.25) is 0 Å². The fourth-order valence-electron chi connectivity index (χ4n) is 0.958. The maximum Gasteiger partial charge on any atom is 0.337 e. The molecule has 1 rings (SSSR count). The topological polar surface area (TPSA) is 50.2 Å². The van der Waals surface area contributed by atoms with Crippen LogP contribution in [0, 0.1) is 19.3 Å². The number of aromatic nitrogens is 1. The van der Waals surface area contributed by atoms with Crippen LogP contribution in [0.1, 0.15) is 21.5 Å². The molecule has 60 valence electrons. The van der Waals surface area contributed by atoms with Crippen LogP contribution in [0.3, 0.4) is 0 Å². The van der Waals surface area contributed by atoms with Gasteiger partial charge in [0.2, 0.25) is 0 Å². The Morgan fingerprint density at radius 3 is 2.75 bits per heavy atom. The minimum atomic E-state index is -1.01. The van der Waals surface area contributed by atoms with Crippen molar-refractivity contribution in [1.29, 1.82) is 0 Å². The average Bonchev–Trinajstić information content (AvgIpc) is 2.03. The molecule has 1 N–H and O–H groups in total. The molecule has 0 amide bonds. The van der Waals surface area contributed by atoms with E-state index in [0.29, 0.717) is 11.1 Å². The van der Waals surface area contributed by atoms with Gasteiger partial charge in [-0.25, -0.2) is 4.79 Å². The zero-order valence-corrected chi connectivity index (χ0v) is 6.53. The first-order chi connectivity index (χ1) is 5.66. The van der Waals surface area contributed by atoms with Crippen molar-refractivity contribution >= 4 is 5.97 Å². The van der Waals surface area contributed by atoms with Crippen molar-refractivity contribution in [2.24, 2.45) is 0 Å². The molecule has 0 unspecified atom stereocenters. The molecule has 12 heavy (non-hydrogen) atoms. The highest BCUT2D eigenvalue weighted by atomic mass is 16.4. The summed E-state index contributed by atoms with van der Waals surface area (Å²) in [6.07, 6.45) is 7.95. The Balaban J connectivity index is 3.42. The Morgan fingerprint density at radius 1 is 1.67 bits per heavy atom. The van der Waals surface area contributed by atoms with E-state index >= 15 is 0 Å². The summed E-state index contributed by atoms with van der Waals surface area (Å²) in [6, 6.07) is 0. The average molecular weight is 161 g/mol. The molecule has 0 aliphatic carbocycles. The number of hydrogen-bond acceptors (Lipinski definition) is 2. The van der Waals surface area contributed by atoms with E-state index in [1.54, 1.807) is 6.92 Å². The fraction of sp³-hybridized carbons (Fsp3) is 0.111. The summed E-state index contributed by atoms with van der Waals surface area (Å²) in [5.41, 5.74) is 1.06. The number of carboxylic acids is 1. The smallest absolute Gasteiger partial charge is 0.337 e. The van der Waals surface area contributed by atoms with Crippen LogP contribution in [0.4, 0.5) is 0 Å². The summed E-state index contributed by atoms with van der Waals surface area (Å²) in [4.78, 5) is 14.5. The summed E-state index contributed by atoms with van der Waals surface area (Å²) in [6.45, 7) is 1.66. The number of hydrogen-bond donors (Lipinski definition) is 1. The lowest BCUT2D eigenvalue weighted by atomic mass is 10.1. The fourth-order valence-corrected chi connectivity index (χ4v) is 0.958. The van der Waals surface area contributed by atoms with Gasteiger partial charge in [0.1, 0.15) is 0 Å². The number of aromatic carboxylic acids is 1. The van der Waals surface area contributed by atoms with Crippen molar-refractivity contribution < 1.29 is 9.90 Å². The minimum Gasteiger partial charge on any atom is -0.478 e. The van der Waals surface area contributed by atoms with Gasteiger partial charge in [0.05, 0.1) is 11.1 Å². The molecule has 0 atom stereocenters. The zero-order valence-electron chi connectivity index (χ0n) is 6.53. The van der Waals surface area contributed by atoms with Gasteiger partial charge in [0, 0.05) is 12.4 Å². The Kier molecular flexibility index (Phi) is 2.11. The van der Waals surface area contributed by atoms with E-state index in [1.807, 2.05) is 0 Å². The third kappa shape index (κ3) is 1.28. The van der Waals surface area contributed by atoms with Gasteiger partial charge in [-0.15, -0.1) is 6.42 Å². The molecule has 0 aromatic carbocycles. The quantitative estimate of drug-likeness (QED) is 0.627. The van der Waals surface area contributed by atoms with Crippen molar-refractivity contribution in [3.05, 3.63) is 29.1 Å². The maximum absolute atomic E-state index is 10.7. The van der Waals surface area contributed by atoms with Crippen molar-refractivity contribution in [3.63, 3.8) is 0 Å². The number of carbonyl (C=O) groups is 1. The van der Waals surface area contributed by atoms with Gasteiger partial charge in [-0.2, -0.15) is 0 Å². The maximum atomic E-state index is 10.7. The van der Waals surface area contributed by atoms with Crippen LogP contribution in [-0.2, 0) is 0 Å². The summed E-state index contributed by atoms with van der Waals surface area (Å²) >= 11 is 0. The molecule has 1 aromatic heterocycles. The van der Waals surface area contributed by atoms with Gasteiger partial charge < -0.3 is 5.11 Å². The lowest BCUT2D eigenvalue weighted by Crippen LogP contribution is -2.03. The van der Waals surface area contributed by atoms with Gasteiger partial charge >= 0.3 is 5.97 Å². The summed E-state index contributed by atoms with van der Waals surface area (Å²) in [5.74, 6) is 1.26. The molecule has 0 fully saturated rings. The highest BCUT2D eigenvalue weighted by molar-refractivity contribution is 5.92. The molecule has 0 aliphatic rings.